The van der Waals surface area contributed by atoms with Crippen LogP contribution in [0.1, 0.15) is 348 Å². The molecule has 1 rings (SSSR count). The van der Waals surface area contributed by atoms with Gasteiger partial charge in [-0.3, -0.25) is 9.59 Å². The van der Waals surface area contributed by atoms with Gasteiger partial charge in [-0.05, 0) is 51.4 Å². The summed E-state index contributed by atoms with van der Waals surface area (Å²) in [6.07, 6.45) is 68.7. The predicted molar refractivity (Wildman–Crippen MR) is 347 cm³/mol. The Morgan fingerprint density at radius 3 is 1.18 bits per heavy atom. The van der Waals surface area contributed by atoms with E-state index >= 15 is 0 Å². The lowest BCUT2D eigenvalue weighted by atomic mass is 9.99. The molecule has 1 heterocycles. The molecule has 1 amide bonds. The Kier molecular flexibility index (Phi) is 58.5. The summed E-state index contributed by atoms with van der Waals surface area (Å²) >= 11 is 0. The van der Waals surface area contributed by atoms with Gasteiger partial charge in [0, 0.05) is 12.8 Å². The van der Waals surface area contributed by atoms with Gasteiger partial charge in [0.05, 0.1) is 32.0 Å². The van der Waals surface area contributed by atoms with Crippen molar-refractivity contribution in [1.29, 1.82) is 0 Å². The Morgan fingerprint density at radius 2 is 0.783 bits per heavy atom. The Morgan fingerprint density at radius 1 is 0.434 bits per heavy atom. The molecule has 1 aliphatic heterocycles. The Bertz CT molecular complexity index is 1470. The van der Waals surface area contributed by atoms with Gasteiger partial charge in [0.2, 0.25) is 5.91 Å². The minimum Gasteiger partial charge on any atom is -0.466 e. The van der Waals surface area contributed by atoms with Crippen LogP contribution in [-0.4, -0.2) is 100 Å². The van der Waals surface area contributed by atoms with Crippen LogP contribution in [-0.2, 0) is 23.8 Å². The molecule has 0 saturated carbocycles. The van der Waals surface area contributed by atoms with E-state index in [1.807, 2.05) is 6.08 Å². The van der Waals surface area contributed by atoms with Crippen molar-refractivity contribution in [2.24, 2.45) is 0 Å². The molecule has 83 heavy (non-hydrogen) atoms. The van der Waals surface area contributed by atoms with Gasteiger partial charge in [-0.1, -0.05) is 320 Å². The van der Waals surface area contributed by atoms with E-state index in [0.29, 0.717) is 19.4 Å². The minimum absolute atomic E-state index is 0.0132. The average Bonchev–Trinajstić information content (AvgIpc) is 3.55. The maximum atomic E-state index is 13.0. The fourth-order valence-electron chi connectivity index (χ4n) is 11.3. The number of amides is 1. The lowest BCUT2D eigenvalue weighted by molar-refractivity contribution is -0.302. The summed E-state index contributed by atoms with van der Waals surface area (Å²) in [4.78, 5) is 25.1. The van der Waals surface area contributed by atoms with Crippen molar-refractivity contribution < 1.29 is 49.3 Å². The first-order valence-electron chi connectivity index (χ1n) is 35.8. The van der Waals surface area contributed by atoms with Gasteiger partial charge in [0.15, 0.2) is 6.29 Å². The number of allylic oxidation sites excluding steroid dienone is 5. The second-order valence-electron chi connectivity index (χ2n) is 24.9. The average molecular weight is 1170 g/mol. The Balaban J connectivity index is 1.94. The minimum atomic E-state index is -1.58. The first kappa shape index (κ1) is 78.9. The number of nitrogens with one attached hydrogen (secondary N) is 1. The van der Waals surface area contributed by atoms with E-state index < -0.39 is 49.5 Å². The smallest absolute Gasteiger partial charge is 0.305 e. The van der Waals surface area contributed by atoms with Crippen LogP contribution in [0.25, 0.3) is 0 Å². The van der Waals surface area contributed by atoms with Crippen molar-refractivity contribution in [2.45, 2.75) is 391 Å². The van der Waals surface area contributed by atoms with E-state index in [0.717, 1.165) is 64.2 Å². The second kappa shape index (κ2) is 61.5. The van der Waals surface area contributed by atoms with Crippen LogP contribution in [0, 0.1) is 0 Å². The normalized spacial score (nSPS) is 18.3. The van der Waals surface area contributed by atoms with E-state index in [1.165, 1.54) is 257 Å². The van der Waals surface area contributed by atoms with Crippen molar-refractivity contribution in [1.82, 2.24) is 5.32 Å². The molecule has 0 radical (unpaired) electrons. The van der Waals surface area contributed by atoms with Gasteiger partial charge < -0.3 is 45.1 Å². The highest BCUT2D eigenvalue weighted by molar-refractivity contribution is 5.76. The highest BCUT2D eigenvalue weighted by Gasteiger charge is 2.44. The molecule has 11 nitrogen and oxygen atoms in total. The molecule has 1 aliphatic rings. The topological polar surface area (TPSA) is 175 Å². The zero-order valence-corrected chi connectivity index (χ0v) is 54.2. The molecule has 0 aromatic rings. The van der Waals surface area contributed by atoms with Crippen molar-refractivity contribution in [3.05, 3.63) is 36.5 Å². The molecule has 7 unspecified atom stereocenters. The molecule has 0 aromatic carbocycles. The first-order valence-corrected chi connectivity index (χ1v) is 35.8. The summed E-state index contributed by atoms with van der Waals surface area (Å²) in [6.45, 7) is 4.31. The van der Waals surface area contributed by atoms with Crippen molar-refractivity contribution in [3.8, 4) is 0 Å². The number of rotatable bonds is 63. The first-order chi connectivity index (χ1) is 40.7. The van der Waals surface area contributed by atoms with Crippen LogP contribution >= 0.6 is 0 Å². The maximum absolute atomic E-state index is 13.0. The summed E-state index contributed by atoms with van der Waals surface area (Å²) in [5.74, 6) is -0.178. The number of esters is 1. The van der Waals surface area contributed by atoms with E-state index in [9.17, 15) is 35.1 Å². The lowest BCUT2D eigenvalue weighted by Gasteiger charge is -2.40. The van der Waals surface area contributed by atoms with Gasteiger partial charge in [-0.2, -0.15) is 0 Å². The molecule has 1 saturated heterocycles. The van der Waals surface area contributed by atoms with Gasteiger partial charge in [0.1, 0.15) is 24.4 Å². The van der Waals surface area contributed by atoms with Crippen molar-refractivity contribution >= 4 is 11.9 Å². The summed E-state index contributed by atoms with van der Waals surface area (Å²) in [7, 11) is 0. The maximum Gasteiger partial charge on any atom is 0.305 e. The van der Waals surface area contributed by atoms with E-state index in [4.69, 9.17) is 14.2 Å². The highest BCUT2D eigenvalue weighted by atomic mass is 16.7. The van der Waals surface area contributed by atoms with Crippen molar-refractivity contribution in [3.63, 3.8) is 0 Å². The number of hydrogen-bond donors (Lipinski definition) is 6. The molecule has 1 fully saturated rings. The van der Waals surface area contributed by atoms with Crippen LogP contribution in [0.2, 0.25) is 0 Å². The van der Waals surface area contributed by atoms with E-state index in [2.05, 4.69) is 43.5 Å². The SMILES string of the molecule is CCCC/C=C/CC/C=C/CC/C=C/C(O)C(COC1OC(CO)C(O)C(O)C1O)NC(=O)CCCCCCCCCCCCCCCCCCCCCCCCCCCCCCCCCCOC(=O)CCCCCCCCCCCCC. The molecule has 7 atom stereocenters. The number of aliphatic hydroxyl groups is 5. The largest absolute Gasteiger partial charge is 0.466 e. The molecular weight excluding hydrogens is 1040 g/mol. The van der Waals surface area contributed by atoms with E-state index in [1.54, 1.807) is 6.08 Å². The van der Waals surface area contributed by atoms with Crippen LogP contribution in [0.15, 0.2) is 36.5 Å². The Labute approximate surface area is 511 Å². The van der Waals surface area contributed by atoms with Crippen molar-refractivity contribution in [2.75, 3.05) is 19.8 Å². The number of ether oxygens (including phenoxy) is 3. The van der Waals surface area contributed by atoms with Gasteiger partial charge in [-0.25, -0.2) is 0 Å². The third-order valence-corrected chi connectivity index (χ3v) is 17.0. The monoisotopic (exact) mass is 1170 g/mol. The molecule has 0 spiro atoms. The molecule has 6 N–H and O–H groups in total. The summed E-state index contributed by atoms with van der Waals surface area (Å²) in [5.41, 5.74) is 0. The van der Waals surface area contributed by atoms with Gasteiger partial charge in [-0.15, -0.1) is 0 Å². The number of aliphatic hydroxyl groups excluding tert-OH is 5. The summed E-state index contributed by atoms with van der Waals surface area (Å²) in [6, 6.07) is -0.831. The summed E-state index contributed by atoms with van der Waals surface area (Å²) in [5, 5.41) is 54.4. The standard InChI is InChI=1S/C72H135NO10/c1-3-5-7-9-11-13-15-39-42-46-50-54-58-65(75)64(63-82-72-71(80)70(79)69(78)66(62-74)83-72)73-67(76)59-55-51-47-43-40-36-34-32-30-28-26-24-22-20-18-16-17-19-21-23-25-27-29-31-33-35-37-41-45-49-53-57-61-81-68(77)60-56-52-48-44-38-14-12-10-8-6-4-2/h9,11,39,42,54,58,64-66,69-72,74-75,78-80H,3-8,10,12-38,40-41,43-53,55-57,59-63H2,1-2H3,(H,73,76)/b11-9+,42-39+,58-54+. The molecule has 0 aliphatic carbocycles. The fraction of sp³-hybridized carbons (Fsp3) is 0.889. The zero-order valence-electron chi connectivity index (χ0n) is 54.2. The quantitative estimate of drug-likeness (QED) is 0.0195. The molecule has 11 heteroatoms. The summed E-state index contributed by atoms with van der Waals surface area (Å²) < 4.78 is 16.7. The number of carbonyl (C=O) groups excluding carboxylic acids is 2. The van der Waals surface area contributed by atoms with Crippen LogP contribution < -0.4 is 5.32 Å². The molecule has 0 bridgehead atoms. The lowest BCUT2D eigenvalue weighted by Crippen LogP contribution is -2.60. The van der Waals surface area contributed by atoms with Crippen LogP contribution in [0.4, 0.5) is 0 Å². The molecular formula is C72H135NO10. The van der Waals surface area contributed by atoms with Gasteiger partial charge in [0.25, 0.3) is 0 Å². The van der Waals surface area contributed by atoms with Crippen LogP contribution in [0.5, 0.6) is 0 Å². The third kappa shape index (κ3) is 50.6. The fourth-order valence-corrected chi connectivity index (χ4v) is 11.3. The number of unbranched alkanes of at least 4 members (excludes halogenated alkanes) is 45. The van der Waals surface area contributed by atoms with Gasteiger partial charge >= 0.3 is 5.97 Å². The molecule has 0 aromatic heterocycles. The third-order valence-electron chi connectivity index (χ3n) is 17.0. The zero-order chi connectivity index (χ0) is 60.2. The number of carbonyl (C=O) groups is 2. The molecule has 488 valence electrons. The van der Waals surface area contributed by atoms with Crippen LogP contribution in [0.3, 0.4) is 0 Å². The predicted octanol–water partition coefficient (Wildman–Crippen LogP) is 18.2. The highest BCUT2D eigenvalue weighted by Crippen LogP contribution is 2.23. The second-order valence-corrected chi connectivity index (χ2v) is 24.9. The number of hydrogen-bond acceptors (Lipinski definition) is 10. The van der Waals surface area contributed by atoms with E-state index in [-0.39, 0.29) is 18.5 Å². The Hall–Kier alpha value is -2.12.